The molecule has 5 nitrogen and oxygen atoms in total. The molecule has 0 rings (SSSR count). The van der Waals surface area contributed by atoms with Gasteiger partial charge in [-0.05, 0) is 36.5 Å². The molecular weight excluding hydrogens is 315 g/mol. The number of hydrogen-bond donors (Lipinski definition) is 2. The van der Waals surface area contributed by atoms with E-state index < -0.39 is 7.60 Å². The maximum atomic E-state index is 11.1. The summed E-state index contributed by atoms with van der Waals surface area (Å²) in [6, 6.07) is 0. The molecule has 23 heavy (non-hydrogen) atoms. The van der Waals surface area contributed by atoms with Crippen LogP contribution >= 0.6 is 7.60 Å². The van der Waals surface area contributed by atoms with Crippen molar-refractivity contribution in [3.8, 4) is 0 Å². The van der Waals surface area contributed by atoms with Gasteiger partial charge in [0.1, 0.15) is 0 Å². The highest BCUT2D eigenvalue weighted by Gasteiger charge is 2.22. The highest BCUT2D eigenvalue weighted by atomic mass is 31.2. The van der Waals surface area contributed by atoms with Crippen molar-refractivity contribution in [1.29, 1.82) is 0 Å². The quantitative estimate of drug-likeness (QED) is 0.362. The second-order valence-corrected chi connectivity index (χ2v) is 9.95. The average Bonchev–Trinajstić information content (AvgIpc) is 2.43. The van der Waals surface area contributed by atoms with Crippen molar-refractivity contribution in [3.63, 3.8) is 0 Å². The topological polar surface area (TPSA) is 76.0 Å². The fourth-order valence-electron chi connectivity index (χ4n) is 2.16. The van der Waals surface area contributed by atoms with Gasteiger partial charge in [0.25, 0.3) is 0 Å². The van der Waals surface area contributed by atoms with Gasteiger partial charge in [0.05, 0.1) is 6.61 Å². The Hall–Kier alpha value is 0.0700. The summed E-state index contributed by atoms with van der Waals surface area (Å²) in [5, 5.41) is 9.17. The molecule has 0 saturated heterocycles. The van der Waals surface area contributed by atoms with Gasteiger partial charge in [-0.15, -0.1) is 0 Å². The zero-order chi connectivity index (χ0) is 18.0. The fraction of sp³-hybridized carbons (Fsp3) is 1.00. The number of aliphatic hydroxyl groups excluding tert-OH is 1. The van der Waals surface area contributed by atoms with E-state index in [1.807, 2.05) is 13.8 Å². The first-order chi connectivity index (χ1) is 10.5. The van der Waals surface area contributed by atoms with Crippen LogP contribution in [0.25, 0.3) is 0 Å². The predicted molar refractivity (Wildman–Crippen MR) is 94.9 cm³/mol. The van der Waals surface area contributed by atoms with Crippen molar-refractivity contribution in [3.05, 3.63) is 0 Å². The summed E-state index contributed by atoms with van der Waals surface area (Å²) in [4.78, 5) is 9.16. The van der Waals surface area contributed by atoms with Crippen molar-refractivity contribution < 1.29 is 23.8 Å². The van der Waals surface area contributed by atoms with Crippen molar-refractivity contribution >= 4 is 7.60 Å². The lowest BCUT2D eigenvalue weighted by atomic mass is 9.88. The average molecular weight is 352 g/mol. The highest BCUT2D eigenvalue weighted by Crippen LogP contribution is 2.39. The Morgan fingerprint density at radius 2 is 1.39 bits per heavy atom. The van der Waals surface area contributed by atoms with Gasteiger partial charge in [-0.1, -0.05) is 40.5 Å². The third kappa shape index (κ3) is 15.3. The van der Waals surface area contributed by atoms with Gasteiger partial charge >= 0.3 is 7.60 Å². The molecule has 0 aromatic carbocycles. The van der Waals surface area contributed by atoms with E-state index in [2.05, 4.69) is 13.8 Å². The first-order valence-corrected chi connectivity index (χ1v) is 10.6. The first kappa shape index (κ1) is 23.1. The van der Waals surface area contributed by atoms with Crippen LogP contribution in [0.1, 0.15) is 66.2 Å². The second-order valence-electron chi connectivity index (χ2n) is 8.09. The zero-order valence-electron chi connectivity index (χ0n) is 15.6. The lowest BCUT2D eigenvalue weighted by Gasteiger charge is -2.25. The molecule has 0 aliphatic rings. The van der Waals surface area contributed by atoms with Crippen molar-refractivity contribution in [2.45, 2.75) is 66.2 Å². The molecule has 0 radical (unpaired) electrons. The summed E-state index contributed by atoms with van der Waals surface area (Å²) in [5.74, 6) is 0. The maximum Gasteiger partial charge on any atom is 0.325 e. The number of aliphatic hydroxyl groups is 1. The van der Waals surface area contributed by atoms with E-state index in [0.29, 0.717) is 6.61 Å². The maximum absolute atomic E-state index is 11.1. The number of ether oxygens (including phenoxy) is 1. The minimum Gasteiger partial charge on any atom is -0.396 e. The summed E-state index contributed by atoms with van der Waals surface area (Å²) in [6.07, 6.45) is 6.09. The van der Waals surface area contributed by atoms with E-state index >= 15 is 0 Å². The van der Waals surface area contributed by atoms with Crippen LogP contribution < -0.4 is 0 Å². The summed E-state index contributed by atoms with van der Waals surface area (Å²) < 4.78 is 21.8. The van der Waals surface area contributed by atoms with Gasteiger partial charge in [0.15, 0.2) is 0 Å². The van der Waals surface area contributed by atoms with Crippen LogP contribution in [-0.4, -0.2) is 43.1 Å². The van der Waals surface area contributed by atoms with Crippen LogP contribution in [0.15, 0.2) is 0 Å². The molecule has 0 bridgehead atoms. The molecule has 0 aliphatic carbocycles. The van der Waals surface area contributed by atoms with E-state index in [1.54, 1.807) is 0 Å². The minimum absolute atomic E-state index is 0.0185. The molecule has 0 saturated carbocycles. The lowest BCUT2D eigenvalue weighted by Crippen LogP contribution is -2.18. The van der Waals surface area contributed by atoms with Gasteiger partial charge in [-0.3, -0.25) is 4.57 Å². The normalized spacial score (nSPS) is 15.6. The van der Waals surface area contributed by atoms with Gasteiger partial charge in [0.2, 0.25) is 0 Å². The molecule has 0 spiro atoms. The monoisotopic (exact) mass is 352 g/mol. The van der Waals surface area contributed by atoms with Crippen LogP contribution in [0, 0.1) is 10.8 Å². The van der Waals surface area contributed by atoms with Gasteiger partial charge in [-0.25, -0.2) is 0 Å². The van der Waals surface area contributed by atoms with Gasteiger partial charge < -0.3 is 19.3 Å². The molecule has 140 valence electrons. The molecule has 0 aromatic heterocycles. The molecule has 0 fully saturated rings. The number of unbranched alkanes of at least 4 members (excludes halogenated alkanes) is 2. The summed E-state index contributed by atoms with van der Waals surface area (Å²) in [7, 11) is -3.38. The Bertz CT molecular complexity index is 349. The number of rotatable bonds is 14. The Morgan fingerprint density at radius 3 is 1.83 bits per heavy atom. The predicted octanol–water partition coefficient (Wildman–Crippen LogP) is 4.22. The largest absolute Gasteiger partial charge is 0.396 e. The third-order valence-electron chi connectivity index (χ3n) is 3.91. The summed E-state index contributed by atoms with van der Waals surface area (Å²) in [6.45, 7) is 11.5. The Morgan fingerprint density at radius 1 is 0.913 bits per heavy atom. The van der Waals surface area contributed by atoms with Crippen molar-refractivity contribution in [2.75, 3.05) is 33.1 Å². The molecule has 0 heterocycles. The minimum atomic E-state index is -3.38. The molecule has 6 heteroatoms. The first-order valence-electron chi connectivity index (χ1n) is 8.61. The van der Waals surface area contributed by atoms with E-state index in [4.69, 9.17) is 14.2 Å². The summed E-state index contributed by atoms with van der Waals surface area (Å²) >= 11 is 0. The molecular formula is C17H37O5P. The standard InChI is InChI=1S/C17H37O5P/c1-16(2,14-18)10-6-8-12-21-13-9-7-11-17(3,4)15-22-23(5,19)20/h18H,6-15H2,1-5H3,(H,19,20). The Labute approximate surface area is 142 Å². The van der Waals surface area contributed by atoms with Crippen molar-refractivity contribution in [1.82, 2.24) is 0 Å². The van der Waals surface area contributed by atoms with Crippen molar-refractivity contribution in [2.24, 2.45) is 10.8 Å². The van der Waals surface area contributed by atoms with Gasteiger partial charge in [-0.2, -0.15) is 0 Å². The van der Waals surface area contributed by atoms with E-state index in [0.717, 1.165) is 51.7 Å². The molecule has 0 aliphatic heterocycles. The van der Waals surface area contributed by atoms with E-state index in [9.17, 15) is 9.67 Å². The summed E-state index contributed by atoms with van der Waals surface area (Å²) in [5.41, 5.74) is -0.0745. The Balaban J connectivity index is 3.53. The van der Waals surface area contributed by atoms with E-state index in [1.165, 1.54) is 6.66 Å². The second kappa shape index (κ2) is 10.8. The van der Waals surface area contributed by atoms with E-state index in [-0.39, 0.29) is 17.4 Å². The molecule has 2 N–H and O–H groups in total. The zero-order valence-corrected chi connectivity index (χ0v) is 16.5. The highest BCUT2D eigenvalue weighted by molar-refractivity contribution is 7.51. The SMILES string of the molecule is CC(C)(CO)CCCCOCCCCC(C)(C)COP(C)(=O)O. The number of hydrogen-bond acceptors (Lipinski definition) is 4. The van der Waals surface area contributed by atoms with Crippen LogP contribution in [0.3, 0.4) is 0 Å². The van der Waals surface area contributed by atoms with Crippen LogP contribution in [0.2, 0.25) is 0 Å². The molecule has 0 aromatic rings. The lowest BCUT2D eigenvalue weighted by molar-refractivity contribution is 0.108. The molecule has 1 atom stereocenters. The van der Waals surface area contributed by atoms with Crippen LogP contribution in [0.4, 0.5) is 0 Å². The fourth-order valence-corrected chi connectivity index (χ4v) is 2.75. The Kier molecular flexibility index (Phi) is 10.9. The third-order valence-corrected chi connectivity index (χ3v) is 4.52. The molecule has 0 amide bonds. The smallest absolute Gasteiger partial charge is 0.325 e. The van der Waals surface area contributed by atoms with Gasteiger partial charge in [0, 0.05) is 26.5 Å². The van der Waals surface area contributed by atoms with Crippen LogP contribution in [0.5, 0.6) is 0 Å². The molecule has 1 unspecified atom stereocenters. The van der Waals surface area contributed by atoms with Crippen LogP contribution in [-0.2, 0) is 13.8 Å².